The molecule has 1 atom stereocenters. The van der Waals surface area contributed by atoms with Crippen molar-refractivity contribution in [2.24, 2.45) is 5.73 Å². The topological polar surface area (TPSA) is 73.6 Å². The van der Waals surface area contributed by atoms with Crippen LogP contribution in [-0.2, 0) is 4.79 Å². The van der Waals surface area contributed by atoms with Crippen molar-refractivity contribution >= 4 is 23.2 Å². The van der Waals surface area contributed by atoms with E-state index in [1.54, 1.807) is 12.1 Å². The van der Waals surface area contributed by atoms with E-state index in [2.05, 4.69) is 12.2 Å². The summed E-state index contributed by atoms with van der Waals surface area (Å²) in [6.45, 7) is 2.05. The van der Waals surface area contributed by atoms with E-state index in [4.69, 9.17) is 26.8 Å². The zero-order valence-electron chi connectivity index (χ0n) is 12.0. The maximum absolute atomic E-state index is 12.0. The van der Waals surface area contributed by atoms with E-state index in [-0.39, 0.29) is 5.91 Å². The number of hydrogen-bond donors (Lipinski definition) is 2. The molecule has 0 fully saturated rings. The SMILES string of the molecule is CCCCC(N)C(=O)Nc1cc(OC)c(OC)cc1Cl. The number of amides is 1. The number of hydrogen-bond acceptors (Lipinski definition) is 4. The molecular weight excluding hydrogens is 280 g/mol. The standard InChI is InChI=1S/C14H21ClN2O3/c1-4-5-6-10(16)14(18)17-11-8-13(20-3)12(19-2)7-9(11)15/h7-8,10H,4-6,16H2,1-3H3,(H,17,18). The molecule has 20 heavy (non-hydrogen) atoms. The molecule has 112 valence electrons. The third-order valence-electron chi connectivity index (χ3n) is 2.94. The molecule has 0 aliphatic heterocycles. The van der Waals surface area contributed by atoms with Gasteiger partial charge in [-0.05, 0) is 6.42 Å². The maximum Gasteiger partial charge on any atom is 0.241 e. The summed E-state index contributed by atoms with van der Waals surface area (Å²) in [5.41, 5.74) is 6.28. The molecule has 3 N–H and O–H groups in total. The number of anilines is 1. The van der Waals surface area contributed by atoms with Crippen molar-refractivity contribution in [1.29, 1.82) is 0 Å². The number of unbranched alkanes of at least 4 members (excludes halogenated alkanes) is 1. The lowest BCUT2D eigenvalue weighted by molar-refractivity contribution is -0.117. The Bertz CT molecular complexity index is 466. The van der Waals surface area contributed by atoms with Crippen LogP contribution in [0.2, 0.25) is 5.02 Å². The van der Waals surface area contributed by atoms with Crippen LogP contribution in [0.25, 0.3) is 0 Å². The van der Waals surface area contributed by atoms with Gasteiger partial charge in [0.15, 0.2) is 11.5 Å². The van der Waals surface area contributed by atoms with Crippen molar-refractivity contribution in [1.82, 2.24) is 0 Å². The first-order valence-corrected chi connectivity index (χ1v) is 6.89. The van der Waals surface area contributed by atoms with Gasteiger partial charge in [-0.3, -0.25) is 4.79 Å². The lowest BCUT2D eigenvalue weighted by Crippen LogP contribution is -2.35. The van der Waals surface area contributed by atoms with Gasteiger partial charge in [-0.1, -0.05) is 31.4 Å². The molecular formula is C14H21ClN2O3. The summed E-state index contributed by atoms with van der Waals surface area (Å²) in [5.74, 6) is 0.743. The second-order valence-electron chi connectivity index (χ2n) is 4.43. The summed E-state index contributed by atoms with van der Waals surface area (Å²) in [5, 5.41) is 3.09. The van der Waals surface area contributed by atoms with Gasteiger partial charge in [0.1, 0.15) is 0 Å². The fourth-order valence-corrected chi connectivity index (χ4v) is 1.93. The molecule has 1 rings (SSSR count). The van der Waals surface area contributed by atoms with E-state index in [1.165, 1.54) is 14.2 Å². The van der Waals surface area contributed by atoms with Crippen molar-refractivity contribution in [2.75, 3.05) is 19.5 Å². The van der Waals surface area contributed by atoms with Crippen molar-refractivity contribution in [3.8, 4) is 11.5 Å². The Morgan fingerprint density at radius 2 is 1.95 bits per heavy atom. The van der Waals surface area contributed by atoms with Crippen LogP contribution in [0.4, 0.5) is 5.69 Å². The monoisotopic (exact) mass is 300 g/mol. The molecule has 1 aromatic carbocycles. The smallest absolute Gasteiger partial charge is 0.241 e. The summed E-state index contributed by atoms with van der Waals surface area (Å²) in [6, 6.07) is 2.67. The van der Waals surface area contributed by atoms with Gasteiger partial charge < -0.3 is 20.5 Å². The van der Waals surface area contributed by atoms with Crippen molar-refractivity contribution in [3.05, 3.63) is 17.2 Å². The van der Waals surface area contributed by atoms with Gasteiger partial charge >= 0.3 is 0 Å². The summed E-state index contributed by atoms with van der Waals surface area (Å²) in [7, 11) is 3.04. The van der Waals surface area contributed by atoms with Crippen LogP contribution < -0.4 is 20.5 Å². The molecule has 5 nitrogen and oxygen atoms in total. The van der Waals surface area contributed by atoms with Crippen LogP contribution in [0, 0.1) is 0 Å². The molecule has 6 heteroatoms. The Kier molecular flexibility index (Phi) is 6.61. The second kappa shape index (κ2) is 7.97. The van der Waals surface area contributed by atoms with Gasteiger partial charge in [-0.2, -0.15) is 0 Å². The number of ether oxygens (including phenoxy) is 2. The minimum atomic E-state index is -0.542. The minimum Gasteiger partial charge on any atom is -0.493 e. The number of methoxy groups -OCH3 is 2. The molecule has 0 heterocycles. The van der Waals surface area contributed by atoms with Crippen LogP contribution in [0.1, 0.15) is 26.2 Å². The Hall–Kier alpha value is -1.46. The highest BCUT2D eigenvalue weighted by atomic mass is 35.5. The van der Waals surface area contributed by atoms with Crippen LogP contribution in [0.5, 0.6) is 11.5 Å². The molecule has 1 amide bonds. The summed E-state index contributed by atoms with van der Waals surface area (Å²) in [4.78, 5) is 12.0. The third kappa shape index (κ3) is 4.28. The zero-order chi connectivity index (χ0) is 15.1. The summed E-state index contributed by atoms with van der Waals surface area (Å²) < 4.78 is 10.3. The van der Waals surface area contributed by atoms with Crippen LogP contribution in [0.15, 0.2) is 12.1 Å². The molecule has 0 saturated heterocycles. The fraction of sp³-hybridized carbons (Fsp3) is 0.500. The Morgan fingerprint density at radius 3 is 2.50 bits per heavy atom. The molecule has 0 aliphatic carbocycles. The summed E-state index contributed by atoms with van der Waals surface area (Å²) >= 11 is 6.10. The van der Waals surface area contributed by atoms with Gasteiger partial charge in [0.2, 0.25) is 5.91 Å². The zero-order valence-corrected chi connectivity index (χ0v) is 12.8. The number of benzene rings is 1. The normalized spacial score (nSPS) is 11.8. The molecule has 1 aromatic rings. The first-order chi connectivity index (χ1) is 9.53. The minimum absolute atomic E-state index is 0.257. The highest BCUT2D eigenvalue weighted by molar-refractivity contribution is 6.34. The maximum atomic E-state index is 12.0. The summed E-state index contributed by atoms with van der Waals surface area (Å²) in [6.07, 6.45) is 2.56. The average molecular weight is 301 g/mol. The number of rotatable bonds is 7. The molecule has 0 radical (unpaired) electrons. The number of carbonyl (C=O) groups excluding carboxylic acids is 1. The quantitative estimate of drug-likeness (QED) is 0.812. The van der Waals surface area contributed by atoms with Crippen molar-refractivity contribution in [3.63, 3.8) is 0 Å². The molecule has 0 aliphatic rings. The number of carbonyl (C=O) groups is 1. The van der Waals surface area contributed by atoms with Gasteiger partial charge in [0, 0.05) is 12.1 Å². The Labute approximate surface area is 124 Å². The van der Waals surface area contributed by atoms with Gasteiger partial charge in [0.25, 0.3) is 0 Å². The van der Waals surface area contributed by atoms with E-state index in [0.29, 0.717) is 28.6 Å². The van der Waals surface area contributed by atoms with E-state index in [1.807, 2.05) is 0 Å². The van der Waals surface area contributed by atoms with Gasteiger partial charge in [0.05, 0.1) is 31.0 Å². The van der Waals surface area contributed by atoms with E-state index in [9.17, 15) is 4.79 Å². The Morgan fingerprint density at radius 1 is 1.35 bits per heavy atom. The van der Waals surface area contributed by atoms with Gasteiger partial charge in [-0.25, -0.2) is 0 Å². The number of nitrogens with two attached hydrogens (primary N) is 1. The van der Waals surface area contributed by atoms with Gasteiger partial charge in [-0.15, -0.1) is 0 Å². The van der Waals surface area contributed by atoms with E-state index < -0.39 is 6.04 Å². The predicted octanol–water partition coefficient (Wildman–Crippen LogP) is 2.81. The lowest BCUT2D eigenvalue weighted by Gasteiger charge is -2.15. The first-order valence-electron chi connectivity index (χ1n) is 6.51. The fourth-order valence-electron chi connectivity index (χ4n) is 1.73. The largest absolute Gasteiger partial charge is 0.493 e. The third-order valence-corrected chi connectivity index (χ3v) is 3.25. The van der Waals surface area contributed by atoms with E-state index in [0.717, 1.165) is 12.8 Å². The number of nitrogens with one attached hydrogen (secondary N) is 1. The van der Waals surface area contributed by atoms with Crippen LogP contribution in [0.3, 0.4) is 0 Å². The van der Waals surface area contributed by atoms with Crippen molar-refractivity contribution in [2.45, 2.75) is 32.2 Å². The lowest BCUT2D eigenvalue weighted by atomic mass is 10.1. The average Bonchev–Trinajstić information content (AvgIpc) is 2.45. The first kappa shape index (κ1) is 16.6. The highest BCUT2D eigenvalue weighted by Gasteiger charge is 2.16. The molecule has 1 unspecified atom stereocenters. The predicted molar refractivity (Wildman–Crippen MR) is 80.7 cm³/mol. The molecule has 0 aromatic heterocycles. The molecule has 0 spiro atoms. The van der Waals surface area contributed by atoms with E-state index >= 15 is 0 Å². The molecule has 0 bridgehead atoms. The van der Waals surface area contributed by atoms with Crippen LogP contribution in [-0.4, -0.2) is 26.2 Å². The van der Waals surface area contributed by atoms with Crippen molar-refractivity contribution < 1.29 is 14.3 Å². The van der Waals surface area contributed by atoms with Crippen LogP contribution >= 0.6 is 11.6 Å². The molecule has 0 saturated carbocycles. The highest BCUT2D eigenvalue weighted by Crippen LogP contribution is 2.36. The second-order valence-corrected chi connectivity index (χ2v) is 4.83. The Balaban J connectivity index is 2.84. The number of halogens is 1.